The first-order valence-corrected chi connectivity index (χ1v) is 14.2. The van der Waals surface area contributed by atoms with Gasteiger partial charge in [0.05, 0.1) is 18.8 Å². The maximum Gasteiger partial charge on any atom is 0.303 e. The number of hydrogen-bond donors (Lipinski definition) is 2. The van der Waals surface area contributed by atoms with Crippen LogP contribution in [-0.4, -0.2) is 53.7 Å². The number of aliphatic hydroxyl groups excluding tert-OH is 1. The molecule has 0 saturated carbocycles. The van der Waals surface area contributed by atoms with Gasteiger partial charge in [-0.2, -0.15) is 0 Å². The Morgan fingerprint density at radius 1 is 0.949 bits per heavy atom. The second kappa shape index (κ2) is 14.6. The Kier molecular flexibility index (Phi) is 10.9. The number of carbonyl (C=O) groups is 2. The molecule has 0 bridgehead atoms. The Morgan fingerprint density at radius 3 is 2.21 bits per heavy atom. The summed E-state index contributed by atoms with van der Waals surface area (Å²) in [6.45, 7) is 6.28. The predicted molar refractivity (Wildman–Crippen MR) is 147 cm³/mol. The van der Waals surface area contributed by atoms with Crippen molar-refractivity contribution >= 4 is 11.9 Å². The summed E-state index contributed by atoms with van der Waals surface area (Å²) in [7, 11) is 0. The fourth-order valence-electron chi connectivity index (χ4n) is 5.24. The van der Waals surface area contributed by atoms with Gasteiger partial charge in [-0.3, -0.25) is 9.59 Å². The van der Waals surface area contributed by atoms with Crippen LogP contribution in [0.2, 0.25) is 0 Å². The van der Waals surface area contributed by atoms with E-state index in [9.17, 15) is 14.7 Å². The van der Waals surface area contributed by atoms with Crippen LogP contribution in [-0.2, 0) is 37.0 Å². The molecule has 4 rings (SSSR count). The zero-order valence-electron chi connectivity index (χ0n) is 23.1. The number of benzene rings is 2. The molecule has 0 radical (unpaired) electrons. The first kappa shape index (κ1) is 29.2. The van der Waals surface area contributed by atoms with Crippen LogP contribution >= 0.6 is 0 Å². The van der Waals surface area contributed by atoms with Crippen molar-refractivity contribution in [3.8, 4) is 0 Å². The summed E-state index contributed by atoms with van der Waals surface area (Å²) < 4.78 is 17.9. The summed E-state index contributed by atoms with van der Waals surface area (Å²) in [5.74, 6) is -0.822. The molecule has 8 heteroatoms. The molecule has 39 heavy (non-hydrogen) atoms. The topological polar surface area (TPSA) is 97.3 Å². The zero-order chi connectivity index (χ0) is 27.6. The minimum Gasteiger partial charge on any atom is -0.453 e. The van der Waals surface area contributed by atoms with E-state index in [1.54, 1.807) is 6.92 Å². The van der Waals surface area contributed by atoms with Crippen LogP contribution < -0.4 is 5.32 Å². The number of esters is 1. The molecule has 4 atom stereocenters. The molecule has 1 amide bonds. The van der Waals surface area contributed by atoms with Gasteiger partial charge >= 0.3 is 5.97 Å². The van der Waals surface area contributed by atoms with Crippen molar-refractivity contribution in [3.63, 3.8) is 0 Å². The molecule has 2 aromatic carbocycles. The van der Waals surface area contributed by atoms with Crippen LogP contribution in [0.4, 0.5) is 0 Å². The van der Waals surface area contributed by atoms with Crippen molar-refractivity contribution in [2.75, 3.05) is 19.6 Å². The Labute approximate surface area is 231 Å². The normalized spacial score (nSPS) is 23.3. The van der Waals surface area contributed by atoms with Crippen LogP contribution in [0.3, 0.4) is 0 Å². The molecule has 0 aliphatic carbocycles. The summed E-state index contributed by atoms with van der Waals surface area (Å²) in [6, 6.07) is 15.8. The second-order valence-corrected chi connectivity index (χ2v) is 10.6. The minimum atomic E-state index is -0.834. The average Bonchev–Trinajstić information content (AvgIpc) is 2.93. The van der Waals surface area contributed by atoms with Crippen LogP contribution in [0, 0.1) is 0 Å². The van der Waals surface area contributed by atoms with E-state index in [2.05, 4.69) is 10.2 Å². The number of amides is 1. The molecule has 2 aromatic rings. The van der Waals surface area contributed by atoms with Crippen molar-refractivity contribution in [2.45, 2.75) is 90.1 Å². The van der Waals surface area contributed by atoms with Crippen molar-refractivity contribution in [1.82, 2.24) is 10.2 Å². The maximum atomic E-state index is 12.2. The highest BCUT2D eigenvalue weighted by Crippen LogP contribution is 2.38. The fourth-order valence-corrected chi connectivity index (χ4v) is 5.24. The molecular formula is C31H42N2O6. The van der Waals surface area contributed by atoms with Gasteiger partial charge in [0.25, 0.3) is 5.91 Å². The van der Waals surface area contributed by atoms with E-state index in [-0.39, 0.29) is 24.7 Å². The van der Waals surface area contributed by atoms with Crippen molar-refractivity contribution in [2.24, 2.45) is 0 Å². The molecule has 2 heterocycles. The lowest BCUT2D eigenvalue weighted by Crippen LogP contribution is -2.40. The van der Waals surface area contributed by atoms with Crippen LogP contribution in [0.5, 0.6) is 0 Å². The summed E-state index contributed by atoms with van der Waals surface area (Å²) >= 11 is 0. The van der Waals surface area contributed by atoms with Gasteiger partial charge in [0, 0.05) is 32.0 Å². The Morgan fingerprint density at radius 2 is 1.56 bits per heavy atom. The molecular weight excluding hydrogens is 496 g/mol. The van der Waals surface area contributed by atoms with Gasteiger partial charge in [-0.1, -0.05) is 67.8 Å². The van der Waals surface area contributed by atoms with Gasteiger partial charge in [-0.05, 0) is 49.5 Å². The Hall–Kier alpha value is -2.78. The highest BCUT2D eigenvalue weighted by molar-refractivity contribution is 5.82. The molecule has 0 spiro atoms. The van der Waals surface area contributed by atoms with E-state index >= 15 is 0 Å². The first-order chi connectivity index (χ1) is 18.9. The van der Waals surface area contributed by atoms with E-state index in [1.165, 1.54) is 39.0 Å². The quantitative estimate of drug-likeness (QED) is 0.452. The van der Waals surface area contributed by atoms with Crippen molar-refractivity contribution < 1.29 is 28.9 Å². The van der Waals surface area contributed by atoms with E-state index in [4.69, 9.17) is 14.2 Å². The van der Waals surface area contributed by atoms with Gasteiger partial charge in [0.1, 0.15) is 0 Å². The van der Waals surface area contributed by atoms with Crippen LogP contribution in [0.25, 0.3) is 0 Å². The Bertz CT molecular complexity index is 1050. The van der Waals surface area contributed by atoms with Gasteiger partial charge in [-0.25, -0.2) is 0 Å². The predicted octanol–water partition coefficient (Wildman–Crippen LogP) is 4.56. The lowest BCUT2D eigenvalue weighted by Gasteiger charge is -2.38. The fraction of sp³-hybridized carbons (Fsp3) is 0.548. The van der Waals surface area contributed by atoms with Gasteiger partial charge in [0.2, 0.25) is 0 Å². The number of ether oxygens (including phenoxy) is 3. The molecule has 8 nitrogen and oxygen atoms in total. The molecule has 0 unspecified atom stereocenters. The number of hydrogen-bond acceptors (Lipinski definition) is 7. The van der Waals surface area contributed by atoms with Gasteiger partial charge < -0.3 is 29.5 Å². The Balaban J connectivity index is 1.43. The number of likely N-dealkylation sites (tertiary alicyclic amines) is 1. The summed E-state index contributed by atoms with van der Waals surface area (Å²) in [6.07, 6.45) is 5.74. The molecule has 2 fully saturated rings. The molecule has 212 valence electrons. The molecule has 0 aromatic heterocycles. The van der Waals surface area contributed by atoms with Crippen molar-refractivity contribution in [3.05, 3.63) is 70.8 Å². The first-order valence-electron chi connectivity index (χ1n) is 14.2. The lowest BCUT2D eigenvalue weighted by molar-refractivity contribution is -0.253. The van der Waals surface area contributed by atoms with Crippen molar-refractivity contribution in [1.29, 1.82) is 0 Å². The number of carbonyl (C=O) groups excluding carboxylic acids is 2. The minimum absolute atomic E-state index is 0.0184. The smallest absolute Gasteiger partial charge is 0.303 e. The lowest BCUT2D eigenvalue weighted by atomic mass is 9.99. The van der Waals surface area contributed by atoms with Crippen LogP contribution in [0.15, 0.2) is 48.5 Å². The maximum absolute atomic E-state index is 12.2. The number of aliphatic hydroxyl groups is 1. The summed E-state index contributed by atoms with van der Waals surface area (Å²) in [5, 5.41) is 12.3. The number of nitrogens with one attached hydrogen (secondary N) is 1. The third-order valence-electron chi connectivity index (χ3n) is 7.46. The third kappa shape index (κ3) is 8.86. The highest BCUT2D eigenvalue weighted by Gasteiger charge is 2.33. The third-order valence-corrected chi connectivity index (χ3v) is 7.46. The SMILES string of the molecule is CC(=O)O[C@@H](C)C(=O)NCc1ccc([C@@H]2O[C@H](CN3CCCCCCC3)C[C@H](c3ccc(CO)cc3)O2)cc1. The molecule has 2 aliphatic rings. The van der Waals surface area contributed by atoms with Gasteiger partial charge in [-0.15, -0.1) is 0 Å². The standard InChI is InChI=1S/C31H42N2O6/c1-22(37-23(2)35)30(36)32-19-24-8-14-27(15-9-24)31-38-28(20-33-16-6-4-3-5-7-17-33)18-29(39-31)26-12-10-25(21-34)11-13-26/h8-15,22,28-29,31,34H,3-7,16-21H2,1-2H3,(H,32,36)/t22-,28-,29+,31+/m0/s1. The molecule has 2 aliphatic heterocycles. The molecule has 2 saturated heterocycles. The van der Waals surface area contributed by atoms with E-state index in [0.29, 0.717) is 6.54 Å². The zero-order valence-corrected chi connectivity index (χ0v) is 23.1. The monoisotopic (exact) mass is 538 g/mol. The number of nitrogens with zero attached hydrogens (tertiary/aromatic N) is 1. The van der Waals surface area contributed by atoms with E-state index in [1.807, 2.05) is 48.5 Å². The largest absolute Gasteiger partial charge is 0.453 e. The van der Waals surface area contributed by atoms with Crippen LogP contribution in [0.1, 0.15) is 87.0 Å². The summed E-state index contributed by atoms with van der Waals surface area (Å²) in [5.41, 5.74) is 3.81. The second-order valence-electron chi connectivity index (χ2n) is 10.6. The average molecular weight is 539 g/mol. The van der Waals surface area contributed by atoms with Gasteiger partial charge in [0.15, 0.2) is 12.4 Å². The van der Waals surface area contributed by atoms with E-state index in [0.717, 1.165) is 48.3 Å². The number of rotatable bonds is 9. The highest BCUT2D eigenvalue weighted by atomic mass is 16.7. The van der Waals surface area contributed by atoms with E-state index < -0.39 is 18.4 Å². The molecule has 2 N–H and O–H groups in total. The summed E-state index contributed by atoms with van der Waals surface area (Å²) in [4.78, 5) is 25.8.